The summed E-state index contributed by atoms with van der Waals surface area (Å²) in [6.45, 7) is 0.756. The fraction of sp³-hybridized carbons (Fsp3) is 0.611. The van der Waals surface area contributed by atoms with E-state index in [4.69, 9.17) is 11.6 Å². The number of halogens is 4. The van der Waals surface area contributed by atoms with E-state index in [0.717, 1.165) is 37.9 Å². The van der Waals surface area contributed by atoms with Gasteiger partial charge in [-0.05, 0) is 43.4 Å². The van der Waals surface area contributed by atoms with Crippen molar-refractivity contribution in [2.24, 2.45) is 5.92 Å². The molecule has 1 heterocycles. The van der Waals surface area contributed by atoms with E-state index in [1.165, 1.54) is 25.3 Å². The van der Waals surface area contributed by atoms with Crippen molar-refractivity contribution in [1.82, 2.24) is 4.90 Å². The third-order valence-corrected chi connectivity index (χ3v) is 5.56. The molecule has 1 saturated carbocycles. The molecule has 132 valence electrons. The zero-order valence-electron chi connectivity index (χ0n) is 13.4. The highest BCUT2D eigenvalue weighted by Crippen LogP contribution is 2.35. The normalized spacial score (nSPS) is 23.1. The predicted octanol–water partition coefficient (Wildman–Crippen LogP) is 5.08. The summed E-state index contributed by atoms with van der Waals surface area (Å²) in [6.07, 6.45) is 2.49. The van der Waals surface area contributed by atoms with Gasteiger partial charge in [0.2, 0.25) is 5.91 Å². The van der Waals surface area contributed by atoms with E-state index in [2.05, 4.69) is 0 Å². The molecule has 1 aliphatic carbocycles. The average Bonchev–Trinajstić information content (AvgIpc) is 2.90. The van der Waals surface area contributed by atoms with Crippen LogP contribution >= 0.6 is 11.6 Å². The van der Waals surface area contributed by atoms with Gasteiger partial charge in [0.1, 0.15) is 0 Å². The van der Waals surface area contributed by atoms with Gasteiger partial charge < -0.3 is 4.90 Å². The van der Waals surface area contributed by atoms with Gasteiger partial charge in [-0.2, -0.15) is 13.2 Å². The number of amides is 1. The highest BCUT2D eigenvalue weighted by molar-refractivity contribution is 6.31. The van der Waals surface area contributed by atoms with Crippen LogP contribution in [0.15, 0.2) is 18.2 Å². The molecule has 0 radical (unpaired) electrons. The quantitative estimate of drug-likeness (QED) is 0.736. The Morgan fingerprint density at radius 2 is 1.83 bits per heavy atom. The number of benzene rings is 1. The van der Waals surface area contributed by atoms with E-state index >= 15 is 0 Å². The van der Waals surface area contributed by atoms with Crippen molar-refractivity contribution in [2.75, 3.05) is 6.54 Å². The lowest BCUT2D eigenvalue weighted by atomic mass is 9.94. The second kappa shape index (κ2) is 6.95. The van der Waals surface area contributed by atoms with E-state index in [-0.39, 0.29) is 16.8 Å². The lowest BCUT2D eigenvalue weighted by Crippen LogP contribution is -2.39. The van der Waals surface area contributed by atoms with Gasteiger partial charge in [0.05, 0.1) is 5.56 Å². The first-order chi connectivity index (χ1) is 11.4. The SMILES string of the molecule is O=C1C(Cc2ccc(C(F)(F)F)cc2Cl)CCN1C1CCCCC1. The maximum absolute atomic E-state index is 12.7. The smallest absolute Gasteiger partial charge is 0.339 e. The summed E-state index contributed by atoms with van der Waals surface area (Å²) in [5, 5.41) is 0.0914. The first kappa shape index (κ1) is 17.6. The molecule has 1 saturated heterocycles. The topological polar surface area (TPSA) is 20.3 Å². The molecular weight excluding hydrogens is 339 g/mol. The van der Waals surface area contributed by atoms with Crippen molar-refractivity contribution in [3.05, 3.63) is 34.3 Å². The number of carbonyl (C=O) groups is 1. The molecular formula is C18H21ClF3NO. The van der Waals surface area contributed by atoms with Crippen LogP contribution < -0.4 is 0 Å². The second-order valence-corrected chi connectivity index (χ2v) is 7.22. The number of rotatable bonds is 3. The predicted molar refractivity (Wildman–Crippen MR) is 86.9 cm³/mol. The molecule has 0 N–H and O–H groups in total. The van der Waals surface area contributed by atoms with E-state index in [9.17, 15) is 18.0 Å². The third-order valence-electron chi connectivity index (χ3n) is 5.21. The summed E-state index contributed by atoms with van der Waals surface area (Å²) in [5.41, 5.74) is -0.133. The number of hydrogen-bond acceptors (Lipinski definition) is 1. The monoisotopic (exact) mass is 359 g/mol. The van der Waals surface area contributed by atoms with Crippen LogP contribution in [0.2, 0.25) is 5.02 Å². The van der Waals surface area contributed by atoms with Crippen molar-refractivity contribution in [2.45, 2.75) is 57.2 Å². The Hall–Kier alpha value is -1.23. The van der Waals surface area contributed by atoms with Crippen LogP contribution in [0.5, 0.6) is 0 Å². The molecule has 2 fully saturated rings. The molecule has 1 aliphatic heterocycles. The van der Waals surface area contributed by atoms with E-state index in [1.807, 2.05) is 4.90 Å². The van der Waals surface area contributed by atoms with Crippen LogP contribution in [0.1, 0.15) is 49.7 Å². The summed E-state index contributed by atoms with van der Waals surface area (Å²) in [4.78, 5) is 14.6. The zero-order chi connectivity index (χ0) is 17.3. The minimum Gasteiger partial charge on any atom is -0.339 e. The van der Waals surface area contributed by atoms with Crippen LogP contribution in [-0.2, 0) is 17.4 Å². The van der Waals surface area contributed by atoms with Crippen LogP contribution in [-0.4, -0.2) is 23.4 Å². The minimum absolute atomic E-state index is 0.0914. The third kappa shape index (κ3) is 3.71. The lowest BCUT2D eigenvalue weighted by Gasteiger charge is -2.31. The summed E-state index contributed by atoms with van der Waals surface area (Å²) in [6, 6.07) is 3.75. The fourth-order valence-electron chi connectivity index (χ4n) is 3.86. The maximum atomic E-state index is 12.7. The number of alkyl halides is 3. The standard InChI is InChI=1S/C18H21ClF3NO/c19-16-11-14(18(20,21)22)7-6-12(16)10-13-8-9-23(17(13)24)15-4-2-1-3-5-15/h6-7,11,13,15H,1-5,8-10H2. The Bertz CT molecular complexity index is 611. The van der Waals surface area contributed by atoms with Crippen molar-refractivity contribution < 1.29 is 18.0 Å². The molecule has 0 aromatic heterocycles. The Balaban J connectivity index is 1.67. The van der Waals surface area contributed by atoms with Crippen LogP contribution in [0.25, 0.3) is 0 Å². The van der Waals surface area contributed by atoms with Gasteiger partial charge in [0, 0.05) is 23.5 Å². The Morgan fingerprint density at radius 3 is 2.46 bits per heavy atom. The molecule has 0 spiro atoms. The minimum atomic E-state index is -4.40. The summed E-state index contributed by atoms with van der Waals surface area (Å²) in [5.74, 6) is -0.0287. The van der Waals surface area contributed by atoms with Gasteiger partial charge in [0.15, 0.2) is 0 Å². The van der Waals surface area contributed by atoms with Crippen molar-refractivity contribution in [3.63, 3.8) is 0 Å². The number of carbonyl (C=O) groups excluding carboxylic acids is 1. The number of likely N-dealkylation sites (tertiary alicyclic amines) is 1. The van der Waals surface area contributed by atoms with Gasteiger partial charge in [0.25, 0.3) is 0 Å². The highest BCUT2D eigenvalue weighted by atomic mass is 35.5. The fourth-order valence-corrected chi connectivity index (χ4v) is 4.12. The van der Waals surface area contributed by atoms with Gasteiger partial charge >= 0.3 is 6.18 Å². The molecule has 1 unspecified atom stereocenters. The van der Waals surface area contributed by atoms with Crippen LogP contribution in [0.4, 0.5) is 13.2 Å². The largest absolute Gasteiger partial charge is 0.416 e. The zero-order valence-corrected chi connectivity index (χ0v) is 14.2. The van der Waals surface area contributed by atoms with Crippen LogP contribution in [0.3, 0.4) is 0 Å². The maximum Gasteiger partial charge on any atom is 0.416 e. The van der Waals surface area contributed by atoms with Crippen molar-refractivity contribution >= 4 is 17.5 Å². The molecule has 0 bridgehead atoms. The molecule has 2 nitrogen and oxygen atoms in total. The van der Waals surface area contributed by atoms with Crippen molar-refractivity contribution in [1.29, 1.82) is 0 Å². The lowest BCUT2D eigenvalue weighted by molar-refractivity contribution is -0.137. The van der Waals surface area contributed by atoms with E-state index in [0.29, 0.717) is 18.0 Å². The van der Waals surface area contributed by atoms with E-state index in [1.54, 1.807) is 0 Å². The van der Waals surface area contributed by atoms with E-state index < -0.39 is 11.7 Å². The van der Waals surface area contributed by atoms with Gasteiger partial charge in [-0.3, -0.25) is 4.79 Å². The molecule has 1 aromatic carbocycles. The molecule has 1 aromatic rings. The molecule has 3 rings (SSSR count). The molecule has 24 heavy (non-hydrogen) atoms. The number of hydrogen-bond donors (Lipinski definition) is 0. The second-order valence-electron chi connectivity index (χ2n) is 6.82. The molecule has 6 heteroatoms. The first-order valence-corrected chi connectivity index (χ1v) is 8.90. The summed E-state index contributed by atoms with van der Waals surface area (Å²) in [7, 11) is 0. The molecule has 1 amide bonds. The Labute approximate surface area is 145 Å². The van der Waals surface area contributed by atoms with Crippen molar-refractivity contribution in [3.8, 4) is 0 Å². The van der Waals surface area contributed by atoms with Gasteiger partial charge in [-0.1, -0.05) is 36.9 Å². The van der Waals surface area contributed by atoms with Gasteiger partial charge in [-0.15, -0.1) is 0 Å². The summed E-state index contributed by atoms with van der Waals surface area (Å²) >= 11 is 6.02. The number of nitrogens with zero attached hydrogens (tertiary/aromatic N) is 1. The summed E-state index contributed by atoms with van der Waals surface area (Å²) < 4.78 is 38.1. The van der Waals surface area contributed by atoms with Gasteiger partial charge in [-0.25, -0.2) is 0 Å². The Morgan fingerprint density at radius 1 is 1.12 bits per heavy atom. The Kier molecular flexibility index (Phi) is 5.09. The molecule has 2 aliphatic rings. The highest BCUT2D eigenvalue weighted by Gasteiger charge is 2.37. The average molecular weight is 360 g/mol. The first-order valence-electron chi connectivity index (χ1n) is 8.52. The molecule has 1 atom stereocenters. The van der Waals surface area contributed by atoms with Crippen LogP contribution in [0, 0.1) is 5.92 Å².